The van der Waals surface area contributed by atoms with E-state index in [0.717, 1.165) is 36.1 Å². The van der Waals surface area contributed by atoms with Gasteiger partial charge in [0, 0.05) is 29.6 Å². The summed E-state index contributed by atoms with van der Waals surface area (Å²) in [5.41, 5.74) is 1.62. The van der Waals surface area contributed by atoms with Gasteiger partial charge in [-0.05, 0) is 60.0 Å². The molecule has 0 saturated carbocycles. The van der Waals surface area contributed by atoms with Crippen molar-refractivity contribution in [2.75, 3.05) is 13.2 Å². The number of thiophene rings is 1. The molecule has 3 aromatic rings. The van der Waals surface area contributed by atoms with Crippen LogP contribution in [0, 0.1) is 0 Å². The fourth-order valence-electron chi connectivity index (χ4n) is 3.22. The monoisotopic (exact) mass is 352 g/mol. The Hall–Kier alpha value is -2.24. The van der Waals surface area contributed by atoms with Crippen molar-refractivity contribution in [2.45, 2.75) is 25.5 Å². The molecule has 0 unspecified atom stereocenters. The van der Waals surface area contributed by atoms with Gasteiger partial charge in [0.1, 0.15) is 0 Å². The minimum absolute atomic E-state index is 0.0363. The maximum absolute atomic E-state index is 13.1. The predicted octanol–water partition coefficient (Wildman–Crippen LogP) is 4.12. The average Bonchev–Trinajstić information content (AvgIpc) is 3.32. The maximum Gasteiger partial charge on any atom is 0.254 e. The number of carbonyl (C=O) groups excluding carboxylic acids is 1. The molecule has 1 aliphatic rings. The summed E-state index contributed by atoms with van der Waals surface area (Å²) in [5, 5.41) is 3.17. The minimum Gasteiger partial charge on any atom is -0.376 e. The molecule has 0 bridgehead atoms. The first-order valence-electron chi connectivity index (χ1n) is 8.57. The number of aromatic nitrogens is 1. The number of hydrogen-bond donors (Lipinski definition) is 0. The van der Waals surface area contributed by atoms with E-state index in [1.54, 1.807) is 17.5 Å². The molecular weight excluding hydrogens is 332 g/mol. The van der Waals surface area contributed by atoms with Crippen molar-refractivity contribution in [3.63, 3.8) is 0 Å². The van der Waals surface area contributed by atoms with Gasteiger partial charge in [-0.2, -0.15) is 0 Å². The summed E-state index contributed by atoms with van der Waals surface area (Å²) < 4.78 is 6.95. The van der Waals surface area contributed by atoms with Crippen LogP contribution in [0.4, 0.5) is 0 Å². The van der Waals surface area contributed by atoms with Crippen LogP contribution in [0.2, 0.25) is 0 Å². The number of rotatable bonds is 5. The molecule has 0 aliphatic carbocycles. The van der Waals surface area contributed by atoms with Crippen LogP contribution in [-0.2, 0) is 11.3 Å². The van der Waals surface area contributed by atoms with Gasteiger partial charge >= 0.3 is 0 Å². The molecule has 1 aliphatic heterocycles. The molecule has 2 aromatic heterocycles. The molecule has 0 spiro atoms. The van der Waals surface area contributed by atoms with Crippen LogP contribution in [0.5, 0.6) is 0 Å². The first-order chi connectivity index (χ1) is 12.3. The Morgan fingerprint density at radius 2 is 2.24 bits per heavy atom. The molecule has 1 fully saturated rings. The van der Waals surface area contributed by atoms with Gasteiger partial charge in [-0.3, -0.25) is 9.78 Å². The second kappa shape index (κ2) is 7.33. The maximum atomic E-state index is 13.1. The van der Waals surface area contributed by atoms with Crippen molar-refractivity contribution in [2.24, 2.45) is 0 Å². The van der Waals surface area contributed by atoms with E-state index in [-0.39, 0.29) is 12.0 Å². The van der Waals surface area contributed by atoms with Gasteiger partial charge in [-0.15, -0.1) is 11.3 Å². The summed E-state index contributed by atoms with van der Waals surface area (Å²) in [5.74, 6) is 0.0363. The van der Waals surface area contributed by atoms with Gasteiger partial charge in [0.15, 0.2) is 0 Å². The van der Waals surface area contributed by atoms with Crippen LogP contribution in [0.15, 0.2) is 54.0 Å². The number of amides is 1. The standard InChI is InChI=1S/C20H20N2O2S/c23-20(16-6-7-19-15(12-16)8-11-25-19)22(14-18-5-3-10-24-18)13-17-4-1-2-9-21-17/h1-2,4,6-9,11-12,18H,3,5,10,13-14H2/t18-/m1/s1. The Kier molecular flexibility index (Phi) is 4.76. The zero-order chi connectivity index (χ0) is 17.1. The molecular formula is C20H20N2O2S. The van der Waals surface area contributed by atoms with E-state index in [2.05, 4.69) is 16.4 Å². The molecule has 1 atom stereocenters. The molecule has 0 N–H and O–H groups in total. The van der Waals surface area contributed by atoms with Gasteiger partial charge in [0.2, 0.25) is 0 Å². The van der Waals surface area contributed by atoms with Gasteiger partial charge in [0.05, 0.1) is 18.3 Å². The largest absolute Gasteiger partial charge is 0.376 e. The molecule has 128 valence electrons. The second-order valence-electron chi connectivity index (χ2n) is 6.31. The topological polar surface area (TPSA) is 42.4 Å². The number of ether oxygens (including phenoxy) is 1. The SMILES string of the molecule is O=C(c1ccc2sccc2c1)N(Cc1ccccn1)C[C@H]1CCCO1. The Labute approximate surface area is 151 Å². The number of carbonyl (C=O) groups is 1. The lowest BCUT2D eigenvalue weighted by atomic mass is 10.1. The van der Waals surface area contributed by atoms with E-state index < -0.39 is 0 Å². The normalized spacial score (nSPS) is 17.0. The van der Waals surface area contributed by atoms with Crippen molar-refractivity contribution >= 4 is 27.3 Å². The average molecular weight is 352 g/mol. The lowest BCUT2D eigenvalue weighted by molar-refractivity contribution is 0.0504. The van der Waals surface area contributed by atoms with Crippen LogP contribution in [0.3, 0.4) is 0 Å². The third-order valence-corrected chi connectivity index (χ3v) is 5.41. The van der Waals surface area contributed by atoms with Crippen molar-refractivity contribution in [3.05, 3.63) is 65.3 Å². The van der Waals surface area contributed by atoms with Crippen molar-refractivity contribution < 1.29 is 9.53 Å². The van der Waals surface area contributed by atoms with Gasteiger partial charge in [0.25, 0.3) is 5.91 Å². The van der Waals surface area contributed by atoms with Crippen LogP contribution >= 0.6 is 11.3 Å². The zero-order valence-electron chi connectivity index (χ0n) is 13.9. The van der Waals surface area contributed by atoms with Crippen LogP contribution in [0.25, 0.3) is 10.1 Å². The van der Waals surface area contributed by atoms with E-state index >= 15 is 0 Å². The molecule has 5 heteroatoms. The molecule has 1 amide bonds. The van der Waals surface area contributed by atoms with Crippen LogP contribution in [0.1, 0.15) is 28.9 Å². The van der Waals surface area contributed by atoms with Gasteiger partial charge in [-0.1, -0.05) is 6.07 Å². The molecule has 4 nitrogen and oxygen atoms in total. The van der Waals surface area contributed by atoms with Gasteiger partial charge in [-0.25, -0.2) is 0 Å². The van der Waals surface area contributed by atoms with Crippen LogP contribution < -0.4 is 0 Å². The highest BCUT2D eigenvalue weighted by Crippen LogP contribution is 2.23. The quantitative estimate of drug-likeness (QED) is 0.694. The number of pyridine rings is 1. The highest BCUT2D eigenvalue weighted by molar-refractivity contribution is 7.17. The number of fused-ring (bicyclic) bond motifs is 1. The second-order valence-corrected chi connectivity index (χ2v) is 7.26. The lowest BCUT2D eigenvalue weighted by Crippen LogP contribution is -2.37. The van der Waals surface area contributed by atoms with E-state index in [4.69, 9.17) is 4.74 Å². The summed E-state index contributed by atoms with van der Waals surface area (Å²) in [6.45, 7) is 1.90. The van der Waals surface area contributed by atoms with Gasteiger partial charge < -0.3 is 9.64 Å². The predicted molar refractivity (Wildman–Crippen MR) is 99.8 cm³/mol. The highest BCUT2D eigenvalue weighted by atomic mass is 32.1. The molecule has 1 aromatic carbocycles. The van der Waals surface area contributed by atoms with Crippen molar-refractivity contribution in [3.8, 4) is 0 Å². The summed E-state index contributed by atoms with van der Waals surface area (Å²) in [4.78, 5) is 19.4. The Bertz CT molecular complexity index is 856. The number of benzene rings is 1. The summed E-state index contributed by atoms with van der Waals surface area (Å²) in [7, 11) is 0. The fraction of sp³-hybridized carbons (Fsp3) is 0.300. The molecule has 0 radical (unpaired) electrons. The van der Waals surface area contributed by atoms with Crippen LogP contribution in [-0.4, -0.2) is 35.0 Å². The minimum atomic E-state index is 0.0363. The summed E-state index contributed by atoms with van der Waals surface area (Å²) >= 11 is 1.69. The highest BCUT2D eigenvalue weighted by Gasteiger charge is 2.24. The third-order valence-electron chi connectivity index (χ3n) is 4.51. The smallest absolute Gasteiger partial charge is 0.254 e. The summed E-state index contributed by atoms with van der Waals surface area (Å²) in [6, 6.07) is 13.8. The first-order valence-corrected chi connectivity index (χ1v) is 9.45. The Morgan fingerprint density at radius 1 is 1.28 bits per heavy atom. The number of hydrogen-bond acceptors (Lipinski definition) is 4. The first kappa shape index (κ1) is 16.2. The van der Waals surface area contributed by atoms with E-state index in [0.29, 0.717) is 13.1 Å². The molecule has 25 heavy (non-hydrogen) atoms. The molecule has 1 saturated heterocycles. The lowest BCUT2D eigenvalue weighted by Gasteiger charge is -2.25. The molecule has 3 heterocycles. The van der Waals surface area contributed by atoms with Crippen molar-refractivity contribution in [1.82, 2.24) is 9.88 Å². The fourth-order valence-corrected chi connectivity index (χ4v) is 3.99. The third kappa shape index (κ3) is 3.72. The zero-order valence-corrected chi connectivity index (χ0v) is 14.7. The molecule has 4 rings (SSSR count). The van der Waals surface area contributed by atoms with E-state index in [1.807, 2.05) is 41.3 Å². The Balaban J connectivity index is 1.59. The van der Waals surface area contributed by atoms with E-state index in [1.165, 1.54) is 4.70 Å². The summed E-state index contributed by atoms with van der Waals surface area (Å²) in [6.07, 6.45) is 3.96. The number of nitrogens with zero attached hydrogens (tertiary/aromatic N) is 2. The Morgan fingerprint density at radius 3 is 3.04 bits per heavy atom. The van der Waals surface area contributed by atoms with Crippen molar-refractivity contribution in [1.29, 1.82) is 0 Å². The van der Waals surface area contributed by atoms with E-state index in [9.17, 15) is 4.79 Å².